The van der Waals surface area contributed by atoms with Crippen molar-refractivity contribution in [3.8, 4) is 0 Å². The molecule has 0 saturated carbocycles. The van der Waals surface area contributed by atoms with Gasteiger partial charge in [0.2, 0.25) is 5.91 Å². The number of fused-ring (bicyclic) bond motifs is 1. The maximum Gasteiger partial charge on any atom is 1.00 e. The van der Waals surface area contributed by atoms with Crippen molar-refractivity contribution in [2.75, 3.05) is 18.1 Å². The first-order chi connectivity index (χ1) is 12.7. The number of carboxylic acid groups (broad SMARTS) is 1. The van der Waals surface area contributed by atoms with Crippen LogP contribution in [-0.4, -0.2) is 69.0 Å². The summed E-state index contributed by atoms with van der Waals surface area (Å²) in [5.74, 6) is -1.62. The molecule has 8 nitrogen and oxygen atoms in total. The Morgan fingerprint density at radius 2 is 1.89 bits per heavy atom. The summed E-state index contributed by atoms with van der Waals surface area (Å²) >= 11 is 4.11. The summed E-state index contributed by atoms with van der Waals surface area (Å²) in [5.41, 5.74) is -0.0886. The smallest absolute Gasteiger partial charge is 0.548 e. The Hall–Kier alpha value is -0.330. The molecule has 3 aliphatic heterocycles. The van der Waals surface area contributed by atoms with Gasteiger partial charge in [-0.3, -0.25) is 9.59 Å². The van der Waals surface area contributed by atoms with Crippen LogP contribution in [0, 0.1) is 0 Å². The molecule has 3 unspecified atom stereocenters. The van der Waals surface area contributed by atoms with Gasteiger partial charge in [0.05, 0.1) is 22.9 Å². The van der Waals surface area contributed by atoms with E-state index in [-0.39, 0.29) is 41.7 Å². The van der Waals surface area contributed by atoms with E-state index >= 15 is 0 Å². The van der Waals surface area contributed by atoms with Crippen LogP contribution in [0.2, 0.25) is 0 Å². The van der Waals surface area contributed by atoms with Gasteiger partial charge in [0.1, 0.15) is 17.0 Å². The molecule has 0 aromatic carbocycles. The first kappa shape index (κ1) is 23.9. The zero-order valence-corrected chi connectivity index (χ0v) is 20.4. The molecule has 1 N–H and O–H groups in total. The van der Waals surface area contributed by atoms with E-state index in [1.807, 2.05) is 0 Å². The molecule has 0 bridgehead atoms. The molecule has 0 radical (unpaired) electrons. The Balaban J connectivity index is 0.00000280. The quantitative estimate of drug-likeness (QED) is 0.113. The Kier molecular flexibility index (Phi) is 7.88. The Labute approximate surface area is 197 Å². The van der Waals surface area contributed by atoms with Crippen LogP contribution in [0.5, 0.6) is 0 Å². The van der Waals surface area contributed by atoms with Gasteiger partial charge in [0.15, 0.2) is 0 Å². The minimum Gasteiger partial charge on any atom is -0.548 e. The molecule has 3 saturated heterocycles. The molecular formula is C16H19N2NaO6S3. The van der Waals surface area contributed by atoms with Crippen LogP contribution >= 0.6 is 35.3 Å². The van der Waals surface area contributed by atoms with Crippen LogP contribution in [0.15, 0.2) is 9.81 Å². The normalized spacial score (nSPS) is 27.4. The molecule has 148 valence electrons. The number of rotatable bonds is 5. The molecular weight excluding hydrogens is 435 g/mol. The number of carbonyl (C=O) groups excluding carboxylic acids is 4. The second-order valence-corrected chi connectivity index (χ2v) is 10.8. The van der Waals surface area contributed by atoms with Gasteiger partial charge in [-0.05, 0) is 20.8 Å². The fourth-order valence-electron chi connectivity index (χ4n) is 3.27. The summed E-state index contributed by atoms with van der Waals surface area (Å²) in [6.07, 6.45) is 0. The molecule has 3 rings (SSSR count). The number of β-lactam (4-membered cyclic amide) rings is 1. The SMILES string of the molecule is CCOC(=O)C(C(=O)NC1C(=O)N2C1SC(C)(C)C2C(=O)[O-])=C1SCCS1.[Na+]. The largest absolute Gasteiger partial charge is 1.00 e. The summed E-state index contributed by atoms with van der Waals surface area (Å²) in [7, 11) is 0. The second kappa shape index (κ2) is 9.22. The number of nitrogens with zero attached hydrogens (tertiary/aromatic N) is 1. The number of thioether (sulfide) groups is 3. The van der Waals surface area contributed by atoms with E-state index in [2.05, 4.69) is 5.32 Å². The molecule has 0 aliphatic carbocycles. The Morgan fingerprint density at radius 3 is 2.43 bits per heavy atom. The van der Waals surface area contributed by atoms with E-state index in [0.29, 0.717) is 4.24 Å². The first-order valence-corrected chi connectivity index (χ1v) is 11.2. The molecule has 3 aliphatic rings. The van der Waals surface area contributed by atoms with Crippen LogP contribution in [0.4, 0.5) is 0 Å². The van der Waals surface area contributed by atoms with Crippen LogP contribution in [-0.2, 0) is 23.9 Å². The number of hydrogen-bond acceptors (Lipinski definition) is 9. The van der Waals surface area contributed by atoms with Gasteiger partial charge in [-0.25, -0.2) is 4.79 Å². The van der Waals surface area contributed by atoms with E-state index in [1.54, 1.807) is 20.8 Å². The summed E-state index contributed by atoms with van der Waals surface area (Å²) < 4.78 is 4.84. The minimum absolute atomic E-state index is 0. The zero-order valence-electron chi connectivity index (χ0n) is 16.0. The number of nitrogens with one attached hydrogen (secondary N) is 1. The second-order valence-electron chi connectivity index (χ2n) is 6.61. The van der Waals surface area contributed by atoms with Gasteiger partial charge in [-0.1, -0.05) is 0 Å². The maximum absolute atomic E-state index is 12.8. The number of ether oxygens (including phenoxy) is 1. The van der Waals surface area contributed by atoms with Gasteiger partial charge in [-0.2, -0.15) is 0 Å². The van der Waals surface area contributed by atoms with Gasteiger partial charge in [0, 0.05) is 16.3 Å². The summed E-state index contributed by atoms with van der Waals surface area (Å²) in [6.45, 7) is 5.23. The van der Waals surface area contributed by atoms with E-state index in [4.69, 9.17) is 4.74 Å². The number of carbonyl (C=O) groups is 4. The van der Waals surface area contributed by atoms with Crippen molar-refractivity contribution >= 4 is 59.0 Å². The van der Waals surface area contributed by atoms with E-state index in [9.17, 15) is 24.3 Å². The number of carboxylic acids is 1. The van der Waals surface area contributed by atoms with Crippen molar-refractivity contribution in [1.82, 2.24) is 10.2 Å². The van der Waals surface area contributed by atoms with Gasteiger partial charge in [-0.15, -0.1) is 35.3 Å². The molecule has 3 fully saturated rings. The molecule has 3 atom stereocenters. The zero-order chi connectivity index (χ0) is 19.9. The molecule has 2 amide bonds. The summed E-state index contributed by atoms with van der Waals surface area (Å²) in [6, 6.07) is -1.94. The Bertz CT molecular complexity index is 736. The number of hydrogen-bond donors (Lipinski definition) is 1. The molecule has 28 heavy (non-hydrogen) atoms. The van der Waals surface area contributed by atoms with E-state index in [0.717, 1.165) is 11.5 Å². The maximum atomic E-state index is 12.8. The predicted octanol–water partition coefficient (Wildman–Crippen LogP) is -3.46. The third-order valence-corrected chi connectivity index (χ3v) is 8.70. The van der Waals surface area contributed by atoms with Crippen molar-refractivity contribution in [3.05, 3.63) is 9.81 Å². The molecule has 0 spiro atoms. The fraction of sp³-hybridized carbons (Fsp3) is 0.625. The summed E-state index contributed by atoms with van der Waals surface area (Å²) in [5, 5.41) is 13.5. The summed E-state index contributed by atoms with van der Waals surface area (Å²) in [4.78, 5) is 50.2. The van der Waals surface area contributed by atoms with Crippen LogP contribution in [0.25, 0.3) is 0 Å². The van der Waals surface area contributed by atoms with Crippen molar-refractivity contribution < 1.29 is 58.6 Å². The Morgan fingerprint density at radius 1 is 1.29 bits per heavy atom. The molecule has 0 aromatic rings. The predicted molar refractivity (Wildman–Crippen MR) is 102 cm³/mol. The van der Waals surface area contributed by atoms with Crippen LogP contribution in [0.3, 0.4) is 0 Å². The van der Waals surface area contributed by atoms with E-state index < -0.39 is 46.0 Å². The third-order valence-electron chi connectivity index (χ3n) is 4.41. The van der Waals surface area contributed by atoms with Crippen molar-refractivity contribution in [1.29, 1.82) is 0 Å². The van der Waals surface area contributed by atoms with Crippen molar-refractivity contribution in [3.63, 3.8) is 0 Å². The van der Waals surface area contributed by atoms with Crippen molar-refractivity contribution in [2.45, 2.75) is 43.0 Å². The molecule has 0 aromatic heterocycles. The van der Waals surface area contributed by atoms with Crippen molar-refractivity contribution in [2.24, 2.45) is 0 Å². The van der Waals surface area contributed by atoms with E-state index in [1.165, 1.54) is 40.2 Å². The minimum atomic E-state index is -1.32. The fourth-order valence-corrected chi connectivity index (χ4v) is 7.40. The van der Waals surface area contributed by atoms with Crippen LogP contribution in [0.1, 0.15) is 20.8 Å². The molecule has 3 heterocycles. The number of amides is 2. The first-order valence-electron chi connectivity index (χ1n) is 8.37. The van der Waals surface area contributed by atoms with Crippen LogP contribution < -0.4 is 40.0 Å². The average Bonchev–Trinajstić information content (AvgIpc) is 3.17. The molecule has 12 heteroatoms. The third kappa shape index (κ3) is 4.24. The van der Waals surface area contributed by atoms with Gasteiger partial charge in [0.25, 0.3) is 5.91 Å². The van der Waals surface area contributed by atoms with Gasteiger partial charge < -0.3 is 24.9 Å². The average molecular weight is 455 g/mol. The monoisotopic (exact) mass is 454 g/mol. The topological polar surface area (TPSA) is 116 Å². The van der Waals surface area contributed by atoms with Gasteiger partial charge >= 0.3 is 35.5 Å². The number of esters is 1. The number of aliphatic carboxylic acids is 1. The standard InChI is InChI=1S/C16H20N2O6S3.Na/c1-4-24-14(23)7(15-25-5-6-26-15)10(19)17-8-11(20)18-9(13(21)22)16(2,3)27-12(8)18;/h8-9,12H,4-6H2,1-3H3,(H,17,19)(H,21,22);/q;+1/p-1.